The molecule has 3 atom stereocenters. The predicted octanol–water partition coefficient (Wildman–Crippen LogP) is 3.06. The van der Waals surface area contributed by atoms with Gasteiger partial charge in [-0.05, 0) is 42.9 Å². The number of nitrogens with zero attached hydrogens (tertiary/aromatic N) is 3. The van der Waals surface area contributed by atoms with Crippen molar-refractivity contribution in [3.63, 3.8) is 0 Å². The number of carbonyl (C=O) groups is 3. The molecular formula is C25H25ClF3N5O4. The number of fused-ring (bicyclic) bond motifs is 1. The molecule has 2 N–H and O–H groups in total. The van der Waals surface area contributed by atoms with E-state index < -0.39 is 36.0 Å². The van der Waals surface area contributed by atoms with Gasteiger partial charge in [0.15, 0.2) is 0 Å². The minimum absolute atomic E-state index is 0.0608. The van der Waals surface area contributed by atoms with E-state index in [0.29, 0.717) is 17.2 Å². The molecule has 0 unspecified atom stereocenters. The average molecular weight is 552 g/mol. The van der Waals surface area contributed by atoms with Crippen LogP contribution in [0.1, 0.15) is 24.5 Å². The highest BCUT2D eigenvalue weighted by atomic mass is 35.5. The first-order chi connectivity index (χ1) is 18.0. The van der Waals surface area contributed by atoms with Gasteiger partial charge in [0.25, 0.3) is 0 Å². The van der Waals surface area contributed by atoms with Gasteiger partial charge in [-0.25, -0.2) is 9.78 Å². The molecule has 13 heteroatoms. The van der Waals surface area contributed by atoms with E-state index in [0.717, 1.165) is 16.2 Å². The summed E-state index contributed by atoms with van der Waals surface area (Å²) < 4.78 is 40.2. The second-order valence-corrected chi connectivity index (χ2v) is 9.47. The van der Waals surface area contributed by atoms with E-state index in [1.165, 1.54) is 13.1 Å². The normalized spacial score (nSPS) is 18.8. The number of carbonyl (C=O) groups excluding carboxylic acids is 3. The maximum Gasteiger partial charge on any atom is 0.492 e. The van der Waals surface area contributed by atoms with Crippen LogP contribution in [-0.4, -0.2) is 57.0 Å². The molecule has 4 rings (SSSR count). The van der Waals surface area contributed by atoms with Crippen LogP contribution in [0.3, 0.4) is 0 Å². The Morgan fingerprint density at radius 3 is 2.61 bits per heavy atom. The Hall–Kier alpha value is -3.64. The van der Waals surface area contributed by atoms with Crippen molar-refractivity contribution in [1.29, 1.82) is 0 Å². The summed E-state index contributed by atoms with van der Waals surface area (Å²) in [7, 11) is 0. The molecule has 1 aliphatic heterocycles. The minimum Gasteiger partial charge on any atom is -0.360 e. The average Bonchev–Trinajstić information content (AvgIpc) is 3.45. The molecule has 0 bridgehead atoms. The van der Waals surface area contributed by atoms with Crippen molar-refractivity contribution in [2.75, 3.05) is 6.54 Å². The topological polar surface area (TPSA) is 105 Å². The molecule has 1 aliphatic rings. The van der Waals surface area contributed by atoms with Crippen LogP contribution in [0.2, 0.25) is 5.15 Å². The van der Waals surface area contributed by atoms with Crippen LogP contribution >= 0.6 is 11.6 Å². The summed E-state index contributed by atoms with van der Waals surface area (Å²) in [6, 6.07) is 10.5. The first-order valence-electron chi connectivity index (χ1n) is 11.8. The molecule has 9 nitrogen and oxygen atoms in total. The van der Waals surface area contributed by atoms with Crippen molar-refractivity contribution in [3.8, 4) is 0 Å². The first-order valence-corrected chi connectivity index (χ1v) is 12.2. The summed E-state index contributed by atoms with van der Waals surface area (Å²) in [4.78, 5) is 45.8. The lowest BCUT2D eigenvalue weighted by atomic mass is 9.96. The molecule has 2 aromatic heterocycles. The van der Waals surface area contributed by atoms with Gasteiger partial charge in [-0.3, -0.25) is 14.0 Å². The Bertz CT molecular complexity index is 1320. The molecule has 0 radical (unpaired) electrons. The maximum absolute atomic E-state index is 13.0. The third-order valence-electron chi connectivity index (χ3n) is 6.18. The zero-order valence-corrected chi connectivity index (χ0v) is 21.0. The number of imidazole rings is 1. The summed E-state index contributed by atoms with van der Waals surface area (Å²) in [5.41, 5.74) is 2.31. The quantitative estimate of drug-likeness (QED) is 0.446. The molecule has 0 aliphatic carbocycles. The second-order valence-electron chi connectivity index (χ2n) is 9.08. The number of pyridine rings is 1. The molecule has 1 aromatic carbocycles. The van der Waals surface area contributed by atoms with E-state index in [4.69, 9.17) is 11.6 Å². The van der Waals surface area contributed by atoms with E-state index >= 15 is 0 Å². The number of aromatic nitrogens is 2. The summed E-state index contributed by atoms with van der Waals surface area (Å²) in [5.74, 6) is -3.88. The van der Waals surface area contributed by atoms with Crippen molar-refractivity contribution in [3.05, 3.63) is 71.1 Å². The van der Waals surface area contributed by atoms with E-state index in [9.17, 15) is 27.6 Å². The fourth-order valence-electron chi connectivity index (χ4n) is 4.30. The van der Waals surface area contributed by atoms with Crippen molar-refractivity contribution in [2.24, 2.45) is 5.92 Å². The lowest BCUT2D eigenvalue weighted by molar-refractivity contribution is -0.240. The van der Waals surface area contributed by atoms with Crippen LogP contribution in [0, 0.1) is 5.92 Å². The molecule has 0 saturated carbocycles. The number of hydrogen-bond donors (Lipinski definition) is 2. The SMILES string of the molecule is C[C@H](NC(=O)[C@H]1C[C@H](Cc2ccccc2)CN1OC(=O)C(F)(F)F)C(=O)NCc1ccc2ncc(Cl)n2c1. The predicted molar refractivity (Wildman–Crippen MR) is 131 cm³/mol. The zero-order valence-electron chi connectivity index (χ0n) is 20.2. The molecule has 3 aromatic rings. The monoisotopic (exact) mass is 551 g/mol. The molecule has 202 valence electrons. The van der Waals surface area contributed by atoms with Gasteiger partial charge in [-0.2, -0.15) is 13.2 Å². The van der Waals surface area contributed by atoms with E-state index in [-0.39, 0.29) is 25.4 Å². The molecule has 3 heterocycles. The summed E-state index contributed by atoms with van der Waals surface area (Å²) in [6.45, 7) is 1.53. The van der Waals surface area contributed by atoms with Crippen molar-refractivity contribution in [2.45, 2.75) is 44.6 Å². The highest BCUT2D eigenvalue weighted by Gasteiger charge is 2.47. The summed E-state index contributed by atoms with van der Waals surface area (Å²) >= 11 is 6.07. The Morgan fingerprint density at radius 1 is 1.16 bits per heavy atom. The number of amides is 2. The van der Waals surface area contributed by atoms with Crippen LogP contribution in [0.5, 0.6) is 0 Å². The zero-order chi connectivity index (χ0) is 27.4. The molecule has 2 amide bonds. The third-order valence-corrected chi connectivity index (χ3v) is 6.46. The largest absolute Gasteiger partial charge is 0.492 e. The molecular weight excluding hydrogens is 527 g/mol. The lowest BCUT2D eigenvalue weighted by Gasteiger charge is -2.24. The van der Waals surface area contributed by atoms with Gasteiger partial charge in [0.2, 0.25) is 11.8 Å². The third kappa shape index (κ3) is 6.62. The lowest BCUT2D eigenvalue weighted by Crippen LogP contribution is -2.51. The first kappa shape index (κ1) is 27.4. The fourth-order valence-corrected chi connectivity index (χ4v) is 4.48. The summed E-state index contributed by atoms with van der Waals surface area (Å²) in [6.07, 6.45) is -1.38. The van der Waals surface area contributed by atoms with Crippen LogP contribution in [0.25, 0.3) is 5.65 Å². The smallest absolute Gasteiger partial charge is 0.360 e. The molecule has 0 spiro atoms. The Morgan fingerprint density at radius 2 is 1.89 bits per heavy atom. The Kier molecular flexibility index (Phi) is 8.22. The van der Waals surface area contributed by atoms with Gasteiger partial charge < -0.3 is 15.5 Å². The number of nitrogens with one attached hydrogen (secondary N) is 2. The fraction of sp³-hybridized carbons (Fsp3) is 0.360. The Balaban J connectivity index is 1.37. The van der Waals surface area contributed by atoms with Gasteiger partial charge in [0, 0.05) is 19.3 Å². The number of hydrogen-bond acceptors (Lipinski definition) is 6. The van der Waals surface area contributed by atoms with Gasteiger partial charge in [0.05, 0.1) is 6.20 Å². The van der Waals surface area contributed by atoms with Crippen LogP contribution in [0.4, 0.5) is 13.2 Å². The summed E-state index contributed by atoms with van der Waals surface area (Å²) in [5, 5.41) is 6.38. The van der Waals surface area contributed by atoms with Gasteiger partial charge >= 0.3 is 12.1 Å². The van der Waals surface area contributed by atoms with Crippen molar-refractivity contribution < 1.29 is 32.4 Å². The maximum atomic E-state index is 13.0. The number of hydroxylamine groups is 2. The van der Waals surface area contributed by atoms with Crippen LogP contribution in [-0.2, 0) is 32.2 Å². The Labute approximate surface area is 220 Å². The standard InChI is InChI=1S/C25H25ClF3N5O4/c1-15(22(35)31-11-17-7-8-21-30-12-20(26)33(21)13-17)32-23(36)19-10-18(9-16-5-3-2-4-6-16)14-34(19)38-24(37)25(27,28)29/h2-8,12-13,15,18-19H,9-11,14H2,1H3,(H,31,35)(H,32,36)/t15-,18-,19+/m0/s1. The van der Waals surface area contributed by atoms with E-state index in [1.807, 2.05) is 30.3 Å². The number of alkyl halides is 3. The van der Waals surface area contributed by atoms with E-state index in [1.54, 1.807) is 22.7 Å². The molecule has 38 heavy (non-hydrogen) atoms. The van der Waals surface area contributed by atoms with E-state index in [2.05, 4.69) is 20.5 Å². The van der Waals surface area contributed by atoms with Gasteiger partial charge in [-0.1, -0.05) is 48.0 Å². The number of halogens is 4. The van der Waals surface area contributed by atoms with Gasteiger partial charge in [0.1, 0.15) is 22.9 Å². The molecule has 1 fully saturated rings. The highest BCUT2D eigenvalue weighted by Crippen LogP contribution is 2.29. The van der Waals surface area contributed by atoms with Crippen LogP contribution in [0.15, 0.2) is 54.9 Å². The number of rotatable bonds is 8. The van der Waals surface area contributed by atoms with Crippen molar-refractivity contribution >= 4 is 35.0 Å². The number of benzene rings is 1. The molecule has 1 saturated heterocycles. The van der Waals surface area contributed by atoms with Gasteiger partial charge in [-0.15, -0.1) is 5.06 Å². The highest BCUT2D eigenvalue weighted by molar-refractivity contribution is 6.29. The minimum atomic E-state index is -5.21. The van der Waals surface area contributed by atoms with Crippen molar-refractivity contribution in [1.82, 2.24) is 25.1 Å². The van der Waals surface area contributed by atoms with Crippen LogP contribution < -0.4 is 10.6 Å². The second kappa shape index (κ2) is 11.4.